The van der Waals surface area contributed by atoms with Crippen LogP contribution in [0.2, 0.25) is 0 Å². The second-order valence-corrected chi connectivity index (χ2v) is 7.60. The van der Waals surface area contributed by atoms with E-state index < -0.39 is 15.4 Å². The first-order valence-corrected chi connectivity index (χ1v) is 7.75. The van der Waals surface area contributed by atoms with Gasteiger partial charge in [0.25, 0.3) is 0 Å². The Morgan fingerprint density at radius 3 is 2.58 bits per heavy atom. The van der Waals surface area contributed by atoms with E-state index in [-0.39, 0.29) is 16.7 Å². The Morgan fingerprint density at radius 1 is 1.47 bits per heavy atom. The number of thiophene rings is 1. The average Bonchev–Trinajstić information content (AvgIpc) is 2.85. The number of nitrogens with zero attached hydrogens (tertiary/aromatic N) is 1. The van der Waals surface area contributed by atoms with Gasteiger partial charge in [0, 0.05) is 13.6 Å². The van der Waals surface area contributed by atoms with Crippen molar-refractivity contribution in [3.63, 3.8) is 0 Å². The lowest BCUT2D eigenvalue weighted by molar-refractivity contribution is -0.128. The van der Waals surface area contributed by atoms with Crippen LogP contribution in [0.5, 0.6) is 0 Å². The highest BCUT2D eigenvalue weighted by atomic mass is 32.2. The van der Waals surface area contributed by atoms with Crippen molar-refractivity contribution in [3.8, 4) is 6.07 Å². The molecule has 0 unspecified atom stereocenters. The van der Waals surface area contributed by atoms with Crippen LogP contribution >= 0.6 is 11.3 Å². The van der Waals surface area contributed by atoms with Crippen LogP contribution in [0, 0.1) is 16.7 Å². The van der Waals surface area contributed by atoms with E-state index in [0.29, 0.717) is 4.88 Å². The molecule has 0 aliphatic rings. The molecule has 0 saturated heterocycles. The van der Waals surface area contributed by atoms with E-state index in [1.165, 1.54) is 19.2 Å². The second kappa shape index (κ2) is 5.69. The van der Waals surface area contributed by atoms with Gasteiger partial charge in [-0.05, 0) is 26.0 Å². The Morgan fingerprint density at radius 2 is 2.11 bits per heavy atom. The summed E-state index contributed by atoms with van der Waals surface area (Å²) in [6.45, 7) is 3.27. The van der Waals surface area contributed by atoms with Crippen LogP contribution in [-0.4, -0.2) is 27.9 Å². The fourth-order valence-corrected chi connectivity index (χ4v) is 3.65. The van der Waals surface area contributed by atoms with Crippen molar-refractivity contribution >= 4 is 27.3 Å². The van der Waals surface area contributed by atoms with Crippen LogP contribution in [0.3, 0.4) is 0 Å². The fourth-order valence-electron chi connectivity index (χ4n) is 1.29. The van der Waals surface area contributed by atoms with E-state index in [1.807, 2.05) is 6.07 Å². The van der Waals surface area contributed by atoms with E-state index in [4.69, 9.17) is 5.26 Å². The summed E-state index contributed by atoms with van der Waals surface area (Å²) < 4.78 is 26.4. The van der Waals surface area contributed by atoms with Gasteiger partial charge in [0.1, 0.15) is 15.2 Å². The molecule has 0 spiro atoms. The molecule has 0 aliphatic carbocycles. The van der Waals surface area contributed by atoms with Crippen LogP contribution in [-0.2, 0) is 14.8 Å². The molecule has 104 valence electrons. The molecule has 1 aromatic heterocycles. The zero-order valence-electron chi connectivity index (χ0n) is 10.9. The molecule has 0 radical (unpaired) electrons. The molecule has 1 amide bonds. The van der Waals surface area contributed by atoms with Crippen molar-refractivity contribution in [2.45, 2.75) is 18.1 Å². The average molecular weight is 301 g/mol. The van der Waals surface area contributed by atoms with E-state index in [1.54, 1.807) is 13.8 Å². The summed E-state index contributed by atoms with van der Waals surface area (Å²) >= 11 is 0.892. The van der Waals surface area contributed by atoms with Gasteiger partial charge in [-0.1, -0.05) is 0 Å². The minimum Gasteiger partial charge on any atom is -0.359 e. The number of rotatable bonds is 5. The summed E-state index contributed by atoms with van der Waals surface area (Å²) in [5, 5.41) is 11.2. The third-order valence-corrected chi connectivity index (χ3v) is 5.39. The molecule has 1 heterocycles. The van der Waals surface area contributed by atoms with Crippen LogP contribution < -0.4 is 10.0 Å². The molecule has 1 rings (SSSR count). The number of carbonyl (C=O) groups is 1. The lowest BCUT2D eigenvalue weighted by atomic mass is 9.93. The maximum Gasteiger partial charge on any atom is 0.250 e. The molecule has 8 heteroatoms. The Balaban J connectivity index is 2.82. The zero-order valence-corrected chi connectivity index (χ0v) is 12.5. The van der Waals surface area contributed by atoms with Gasteiger partial charge >= 0.3 is 0 Å². The molecule has 19 heavy (non-hydrogen) atoms. The van der Waals surface area contributed by atoms with Gasteiger partial charge in [-0.25, -0.2) is 13.1 Å². The molecule has 0 saturated carbocycles. The molecule has 2 N–H and O–H groups in total. The minimum absolute atomic E-state index is 0.0191. The molecule has 0 aliphatic heterocycles. The van der Waals surface area contributed by atoms with Gasteiger partial charge in [-0.2, -0.15) is 5.26 Å². The number of sulfonamides is 1. The Labute approximate surface area is 116 Å². The molecule has 0 fully saturated rings. The molecule has 0 bridgehead atoms. The fraction of sp³-hybridized carbons (Fsp3) is 0.455. The van der Waals surface area contributed by atoms with Gasteiger partial charge < -0.3 is 5.32 Å². The largest absolute Gasteiger partial charge is 0.359 e. The molecule has 0 aromatic carbocycles. The van der Waals surface area contributed by atoms with Crippen LogP contribution in [0.25, 0.3) is 0 Å². The topological polar surface area (TPSA) is 99.1 Å². The molecule has 6 nitrogen and oxygen atoms in total. The lowest BCUT2D eigenvalue weighted by Gasteiger charge is -2.22. The van der Waals surface area contributed by atoms with Crippen LogP contribution in [0.4, 0.5) is 0 Å². The van der Waals surface area contributed by atoms with Crippen LogP contribution in [0.15, 0.2) is 16.3 Å². The minimum atomic E-state index is -3.69. The van der Waals surface area contributed by atoms with Gasteiger partial charge in [0.15, 0.2) is 0 Å². The van der Waals surface area contributed by atoms with E-state index >= 15 is 0 Å². The number of nitriles is 1. The summed E-state index contributed by atoms with van der Waals surface area (Å²) in [6, 6.07) is 4.70. The third-order valence-electron chi connectivity index (χ3n) is 2.50. The molecule has 1 aromatic rings. The smallest absolute Gasteiger partial charge is 0.250 e. The molecule has 0 atom stereocenters. The van der Waals surface area contributed by atoms with Crippen molar-refractivity contribution in [2.75, 3.05) is 13.6 Å². The Hall–Kier alpha value is -1.43. The highest BCUT2D eigenvalue weighted by molar-refractivity contribution is 7.91. The summed E-state index contributed by atoms with van der Waals surface area (Å²) in [7, 11) is -2.19. The Bertz CT molecular complexity index is 611. The monoisotopic (exact) mass is 301 g/mol. The first-order chi connectivity index (χ1) is 8.73. The summed E-state index contributed by atoms with van der Waals surface area (Å²) in [6.07, 6.45) is 0. The van der Waals surface area contributed by atoms with Gasteiger partial charge in [-0.3, -0.25) is 4.79 Å². The number of hydrogen-bond donors (Lipinski definition) is 2. The SMILES string of the molecule is CNC(=O)C(C)(C)CNS(=O)(=O)c1ccc(C#N)s1. The Kier molecular flexibility index (Phi) is 4.68. The van der Waals surface area contributed by atoms with Gasteiger partial charge in [0.2, 0.25) is 15.9 Å². The van der Waals surface area contributed by atoms with Crippen molar-refractivity contribution in [1.82, 2.24) is 10.0 Å². The standard InChI is InChI=1S/C11H15N3O3S2/c1-11(2,10(15)13-3)7-14-19(16,17)9-5-4-8(6-12)18-9/h4-5,14H,7H2,1-3H3,(H,13,15). The van der Waals surface area contributed by atoms with Crippen molar-refractivity contribution in [1.29, 1.82) is 5.26 Å². The number of hydrogen-bond acceptors (Lipinski definition) is 5. The van der Waals surface area contributed by atoms with E-state index in [0.717, 1.165) is 11.3 Å². The predicted octanol–water partition coefficient (Wildman–Crippen LogP) is 0.670. The first kappa shape index (κ1) is 15.6. The first-order valence-electron chi connectivity index (χ1n) is 5.45. The van der Waals surface area contributed by atoms with Crippen molar-refractivity contribution < 1.29 is 13.2 Å². The maximum absolute atomic E-state index is 12.0. The van der Waals surface area contributed by atoms with Crippen molar-refractivity contribution in [2.24, 2.45) is 5.41 Å². The summed E-state index contributed by atoms with van der Waals surface area (Å²) in [5.41, 5.74) is -0.850. The normalized spacial score (nSPS) is 11.9. The summed E-state index contributed by atoms with van der Waals surface area (Å²) in [4.78, 5) is 11.9. The zero-order chi connectivity index (χ0) is 14.7. The van der Waals surface area contributed by atoms with Crippen LogP contribution in [0.1, 0.15) is 18.7 Å². The maximum atomic E-state index is 12.0. The summed E-state index contributed by atoms with van der Waals surface area (Å²) in [5.74, 6) is -0.251. The number of carbonyl (C=O) groups excluding carboxylic acids is 1. The lowest BCUT2D eigenvalue weighted by Crippen LogP contribution is -2.43. The van der Waals surface area contributed by atoms with Crippen molar-refractivity contribution in [3.05, 3.63) is 17.0 Å². The van der Waals surface area contributed by atoms with Gasteiger partial charge in [0.05, 0.1) is 5.41 Å². The second-order valence-electron chi connectivity index (χ2n) is 4.52. The highest BCUT2D eigenvalue weighted by Crippen LogP contribution is 2.22. The van der Waals surface area contributed by atoms with E-state index in [9.17, 15) is 13.2 Å². The quantitative estimate of drug-likeness (QED) is 0.835. The number of amides is 1. The highest BCUT2D eigenvalue weighted by Gasteiger charge is 2.29. The molecular formula is C11H15N3O3S2. The third kappa shape index (κ3) is 3.76. The molecular weight excluding hydrogens is 286 g/mol. The van der Waals surface area contributed by atoms with E-state index in [2.05, 4.69) is 10.0 Å². The number of nitrogens with one attached hydrogen (secondary N) is 2. The predicted molar refractivity (Wildman–Crippen MR) is 72.1 cm³/mol. The van der Waals surface area contributed by atoms with Gasteiger partial charge in [-0.15, -0.1) is 11.3 Å².